The summed E-state index contributed by atoms with van der Waals surface area (Å²) in [6, 6.07) is 4.28. The molecule has 100 valence electrons. The SMILES string of the molecule is CC(C1CC1)N(C)CC(O)c1cccc(F)c1F. The van der Waals surface area contributed by atoms with Crippen LogP contribution in [0.25, 0.3) is 0 Å². The number of likely N-dealkylation sites (N-methyl/N-ethyl adjacent to an activating group) is 1. The summed E-state index contributed by atoms with van der Waals surface area (Å²) < 4.78 is 26.6. The average molecular weight is 255 g/mol. The third-order valence-electron chi connectivity index (χ3n) is 3.80. The largest absolute Gasteiger partial charge is 0.387 e. The molecule has 1 aliphatic rings. The molecule has 2 rings (SSSR count). The Labute approximate surface area is 106 Å². The molecule has 4 heteroatoms. The van der Waals surface area contributed by atoms with E-state index in [9.17, 15) is 13.9 Å². The van der Waals surface area contributed by atoms with E-state index < -0.39 is 17.7 Å². The van der Waals surface area contributed by atoms with Crippen LogP contribution in [0.5, 0.6) is 0 Å². The Morgan fingerprint density at radius 1 is 1.39 bits per heavy atom. The van der Waals surface area contributed by atoms with Crippen molar-refractivity contribution in [1.82, 2.24) is 4.90 Å². The van der Waals surface area contributed by atoms with Gasteiger partial charge >= 0.3 is 0 Å². The van der Waals surface area contributed by atoms with Crippen LogP contribution in [0.3, 0.4) is 0 Å². The second-order valence-electron chi connectivity index (χ2n) is 5.18. The van der Waals surface area contributed by atoms with E-state index in [0.717, 1.165) is 6.07 Å². The molecule has 2 unspecified atom stereocenters. The van der Waals surface area contributed by atoms with Crippen LogP contribution in [0.2, 0.25) is 0 Å². The van der Waals surface area contributed by atoms with Gasteiger partial charge in [0, 0.05) is 18.2 Å². The third-order valence-corrected chi connectivity index (χ3v) is 3.80. The Morgan fingerprint density at radius 3 is 2.67 bits per heavy atom. The van der Waals surface area contributed by atoms with Gasteiger partial charge in [0.25, 0.3) is 0 Å². The molecular formula is C14H19F2NO. The van der Waals surface area contributed by atoms with Gasteiger partial charge in [-0.2, -0.15) is 0 Å². The molecule has 0 spiro atoms. The molecule has 1 aromatic carbocycles. The van der Waals surface area contributed by atoms with Crippen molar-refractivity contribution in [2.24, 2.45) is 5.92 Å². The Bertz CT molecular complexity index is 420. The zero-order chi connectivity index (χ0) is 13.3. The van der Waals surface area contributed by atoms with Crippen LogP contribution in [0.15, 0.2) is 18.2 Å². The summed E-state index contributed by atoms with van der Waals surface area (Å²) in [7, 11) is 1.91. The number of hydrogen-bond acceptors (Lipinski definition) is 2. The van der Waals surface area contributed by atoms with Gasteiger partial charge in [0.1, 0.15) is 0 Å². The highest BCUT2D eigenvalue weighted by Crippen LogP contribution is 2.35. The van der Waals surface area contributed by atoms with Crippen molar-refractivity contribution >= 4 is 0 Å². The van der Waals surface area contributed by atoms with E-state index >= 15 is 0 Å². The van der Waals surface area contributed by atoms with Gasteiger partial charge in [-0.1, -0.05) is 12.1 Å². The minimum Gasteiger partial charge on any atom is -0.387 e. The van der Waals surface area contributed by atoms with Crippen LogP contribution in [0, 0.1) is 17.6 Å². The van der Waals surface area contributed by atoms with E-state index in [1.807, 2.05) is 11.9 Å². The first-order valence-electron chi connectivity index (χ1n) is 6.33. The standard InChI is InChI=1S/C14H19F2NO/c1-9(10-6-7-10)17(2)8-13(18)11-4-3-5-12(15)14(11)16/h3-5,9-10,13,18H,6-8H2,1-2H3. The van der Waals surface area contributed by atoms with Crippen molar-refractivity contribution < 1.29 is 13.9 Å². The number of rotatable bonds is 5. The van der Waals surface area contributed by atoms with Gasteiger partial charge in [-0.3, -0.25) is 0 Å². The molecule has 0 radical (unpaired) electrons. The molecule has 1 aliphatic carbocycles. The van der Waals surface area contributed by atoms with Gasteiger partial charge in [0.05, 0.1) is 6.10 Å². The van der Waals surface area contributed by atoms with Gasteiger partial charge in [-0.25, -0.2) is 8.78 Å². The van der Waals surface area contributed by atoms with Gasteiger partial charge in [-0.05, 0) is 38.8 Å². The number of benzene rings is 1. The zero-order valence-electron chi connectivity index (χ0n) is 10.7. The number of nitrogens with zero attached hydrogens (tertiary/aromatic N) is 1. The van der Waals surface area contributed by atoms with Gasteiger partial charge in [-0.15, -0.1) is 0 Å². The van der Waals surface area contributed by atoms with E-state index in [1.165, 1.54) is 25.0 Å². The predicted molar refractivity (Wildman–Crippen MR) is 66.1 cm³/mol. The summed E-state index contributed by atoms with van der Waals surface area (Å²) in [4.78, 5) is 2.01. The molecule has 0 aliphatic heterocycles. The molecule has 1 aromatic rings. The third kappa shape index (κ3) is 2.87. The summed E-state index contributed by atoms with van der Waals surface area (Å²) in [5.41, 5.74) is 0.0323. The first-order valence-corrected chi connectivity index (χ1v) is 6.33. The highest BCUT2D eigenvalue weighted by Gasteiger charge is 2.31. The van der Waals surface area contributed by atoms with Crippen LogP contribution < -0.4 is 0 Å². The predicted octanol–water partition coefficient (Wildman–Crippen LogP) is 2.73. The summed E-state index contributed by atoms with van der Waals surface area (Å²) >= 11 is 0. The summed E-state index contributed by atoms with van der Waals surface area (Å²) in [5.74, 6) is -1.18. The topological polar surface area (TPSA) is 23.5 Å². The number of hydrogen-bond donors (Lipinski definition) is 1. The van der Waals surface area contributed by atoms with Crippen LogP contribution >= 0.6 is 0 Å². The lowest BCUT2D eigenvalue weighted by molar-refractivity contribution is 0.0992. The molecule has 0 saturated heterocycles. The van der Waals surface area contributed by atoms with Crippen molar-refractivity contribution in [1.29, 1.82) is 0 Å². The number of halogens is 2. The summed E-state index contributed by atoms with van der Waals surface area (Å²) in [6.07, 6.45) is 1.44. The average Bonchev–Trinajstić information content (AvgIpc) is 3.15. The summed E-state index contributed by atoms with van der Waals surface area (Å²) in [5, 5.41) is 10.00. The summed E-state index contributed by atoms with van der Waals surface area (Å²) in [6.45, 7) is 2.42. The molecular weight excluding hydrogens is 236 g/mol. The van der Waals surface area contributed by atoms with Crippen molar-refractivity contribution in [3.63, 3.8) is 0 Å². The van der Waals surface area contributed by atoms with Gasteiger partial charge < -0.3 is 10.0 Å². The molecule has 2 atom stereocenters. The lowest BCUT2D eigenvalue weighted by atomic mass is 10.1. The molecule has 1 saturated carbocycles. The number of aliphatic hydroxyl groups is 1. The molecule has 0 amide bonds. The second kappa shape index (κ2) is 5.33. The maximum absolute atomic E-state index is 13.5. The van der Waals surface area contributed by atoms with Crippen molar-refractivity contribution in [3.05, 3.63) is 35.4 Å². The lowest BCUT2D eigenvalue weighted by Crippen LogP contribution is -2.34. The van der Waals surface area contributed by atoms with E-state index in [1.54, 1.807) is 0 Å². The van der Waals surface area contributed by atoms with E-state index in [0.29, 0.717) is 18.5 Å². The van der Waals surface area contributed by atoms with Crippen molar-refractivity contribution in [2.75, 3.05) is 13.6 Å². The van der Waals surface area contributed by atoms with E-state index in [4.69, 9.17) is 0 Å². The maximum atomic E-state index is 13.5. The molecule has 1 N–H and O–H groups in total. The van der Waals surface area contributed by atoms with Crippen molar-refractivity contribution in [2.45, 2.75) is 31.9 Å². The first kappa shape index (κ1) is 13.4. The Kier molecular flexibility index (Phi) is 3.97. The Morgan fingerprint density at radius 2 is 2.06 bits per heavy atom. The van der Waals surface area contributed by atoms with Crippen LogP contribution in [0.4, 0.5) is 8.78 Å². The second-order valence-corrected chi connectivity index (χ2v) is 5.18. The molecule has 18 heavy (non-hydrogen) atoms. The Hall–Kier alpha value is -1.00. The van der Waals surface area contributed by atoms with Crippen LogP contribution in [-0.4, -0.2) is 29.6 Å². The first-order chi connectivity index (χ1) is 8.50. The minimum absolute atomic E-state index is 0.0323. The fraction of sp³-hybridized carbons (Fsp3) is 0.571. The van der Waals surface area contributed by atoms with E-state index in [-0.39, 0.29) is 5.56 Å². The number of aliphatic hydroxyl groups excluding tert-OH is 1. The molecule has 2 nitrogen and oxygen atoms in total. The molecule has 0 aromatic heterocycles. The van der Waals surface area contributed by atoms with Gasteiger partial charge in [0.2, 0.25) is 0 Å². The Balaban J connectivity index is 2.02. The fourth-order valence-electron chi connectivity index (χ4n) is 2.25. The molecule has 1 fully saturated rings. The molecule has 0 bridgehead atoms. The van der Waals surface area contributed by atoms with Gasteiger partial charge in [0.15, 0.2) is 11.6 Å². The van der Waals surface area contributed by atoms with Crippen LogP contribution in [0.1, 0.15) is 31.4 Å². The smallest absolute Gasteiger partial charge is 0.164 e. The zero-order valence-corrected chi connectivity index (χ0v) is 10.7. The highest BCUT2D eigenvalue weighted by molar-refractivity contribution is 5.21. The minimum atomic E-state index is -0.994. The van der Waals surface area contributed by atoms with Crippen molar-refractivity contribution in [3.8, 4) is 0 Å². The lowest BCUT2D eigenvalue weighted by Gasteiger charge is -2.27. The highest BCUT2D eigenvalue weighted by atomic mass is 19.2. The van der Waals surface area contributed by atoms with Crippen LogP contribution in [-0.2, 0) is 0 Å². The van der Waals surface area contributed by atoms with E-state index in [2.05, 4.69) is 6.92 Å². The fourth-order valence-corrected chi connectivity index (χ4v) is 2.25. The monoisotopic (exact) mass is 255 g/mol. The molecule has 0 heterocycles. The maximum Gasteiger partial charge on any atom is 0.164 e. The quantitative estimate of drug-likeness (QED) is 0.874. The normalized spacial score (nSPS) is 19.0.